The molecule has 0 amide bonds. The van der Waals surface area contributed by atoms with Gasteiger partial charge in [0.15, 0.2) is 0 Å². The minimum Gasteiger partial charge on any atom is -0.370 e. The summed E-state index contributed by atoms with van der Waals surface area (Å²) >= 11 is 0. The van der Waals surface area contributed by atoms with Crippen molar-refractivity contribution < 1.29 is 0 Å². The highest BCUT2D eigenvalue weighted by Gasteiger charge is 2.17. The fourth-order valence-corrected chi connectivity index (χ4v) is 3.23. The fourth-order valence-electron chi connectivity index (χ4n) is 3.23. The molecule has 0 aliphatic carbocycles. The Morgan fingerprint density at radius 2 is 1.60 bits per heavy atom. The zero-order valence-electron chi connectivity index (χ0n) is 12.1. The fraction of sp³-hybridized carbons (Fsp3) is 0.333. The molecule has 2 nitrogen and oxygen atoms in total. The molecular formula is C18H22N2. The van der Waals surface area contributed by atoms with Crippen LogP contribution in [0.4, 0.5) is 5.69 Å². The van der Waals surface area contributed by atoms with Crippen LogP contribution in [0, 0.1) is 6.92 Å². The molecule has 104 valence electrons. The van der Waals surface area contributed by atoms with Crippen molar-refractivity contribution in [1.29, 1.82) is 0 Å². The molecule has 0 spiro atoms. The maximum atomic E-state index is 5.92. The van der Waals surface area contributed by atoms with E-state index in [1.807, 2.05) is 0 Å². The quantitative estimate of drug-likeness (QED) is 0.905. The van der Waals surface area contributed by atoms with E-state index in [0.717, 1.165) is 25.9 Å². The highest BCUT2D eigenvalue weighted by atomic mass is 15.1. The Kier molecular flexibility index (Phi) is 3.75. The predicted molar refractivity (Wildman–Crippen MR) is 85.1 cm³/mol. The van der Waals surface area contributed by atoms with Gasteiger partial charge in [0.2, 0.25) is 0 Å². The number of anilines is 1. The third kappa shape index (κ3) is 2.44. The van der Waals surface area contributed by atoms with Crippen molar-refractivity contribution in [2.75, 3.05) is 18.0 Å². The van der Waals surface area contributed by atoms with E-state index in [4.69, 9.17) is 5.73 Å². The Morgan fingerprint density at radius 1 is 0.950 bits per heavy atom. The van der Waals surface area contributed by atoms with Crippen LogP contribution in [0.5, 0.6) is 0 Å². The number of hydrogen-bond donors (Lipinski definition) is 1. The lowest BCUT2D eigenvalue weighted by molar-refractivity contribution is 0.794. The third-order valence-electron chi connectivity index (χ3n) is 4.28. The van der Waals surface area contributed by atoms with E-state index in [1.54, 1.807) is 0 Å². The number of rotatable bonds is 2. The molecular weight excluding hydrogens is 244 g/mol. The van der Waals surface area contributed by atoms with Crippen LogP contribution in [0.1, 0.15) is 22.3 Å². The van der Waals surface area contributed by atoms with Gasteiger partial charge < -0.3 is 10.6 Å². The van der Waals surface area contributed by atoms with Crippen LogP contribution in [0.25, 0.3) is 0 Å². The van der Waals surface area contributed by atoms with Gasteiger partial charge in [-0.25, -0.2) is 0 Å². The molecule has 0 atom stereocenters. The van der Waals surface area contributed by atoms with Gasteiger partial charge in [0.25, 0.3) is 0 Å². The molecule has 1 heterocycles. The zero-order chi connectivity index (χ0) is 13.9. The van der Waals surface area contributed by atoms with Crippen LogP contribution in [-0.2, 0) is 19.4 Å². The van der Waals surface area contributed by atoms with Crippen molar-refractivity contribution >= 4 is 5.69 Å². The molecule has 0 fully saturated rings. The molecule has 0 unspecified atom stereocenters. The van der Waals surface area contributed by atoms with Gasteiger partial charge in [-0.3, -0.25) is 0 Å². The normalized spacial score (nSPS) is 14.8. The standard InChI is InChI=1S/C18H22N2/c1-14-5-4-8-17(13-19)18(14)20-11-9-15-6-2-3-7-16(15)10-12-20/h2-8H,9-13,19H2,1H3. The summed E-state index contributed by atoms with van der Waals surface area (Å²) in [5.74, 6) is 0. The van der Waals surface area contributed by atoms with Crippen LogP contribution in [0.15, 0.2) is 42.5 Å². The second-order valence-electron chi connectivity index (χ2n) is 5.54. The SMILES string of the molecule is Cc1cccc(CN)c1N1CCc2ccccc2CC1. The number of hydrogen-bond acceptors (Lipinski definition) is 2. The first-order valence-electron chi connectivity index (χ1n) is 7.40. The van der Waals surface area contributed by atoms with Crippen LogP contribution < -0.4 is 10.6 Å². The third-order valence-corrected chi connectivity index (χ3v) is 4.28. The molecule has 1 aliphatic heterocycles. The van der Waals surface area contributed by atoms with Crippen molar-refractivity contribution in [2.24, 2.45) is 5.73 Å². The van der Waals surface area contributed by atoms with Crippen molar-refractivity contribution in [3.63, 3.8) is 0 Å². The molecule has 0 saturated carbocycles. The largest absolute Gasteiger partial charge is 0.370 e. The Bertz CT molecular complexity index is 577. The van der Waals surface area contributed by atoms with Gasteiger partial charge in [-0.15, -0.1) is 0 Å². The maximum Gasteiger partial charge on any atom is 0.0441 e. The molecule has 3 rings (SSSR count). The van der Waals surface area contributed by atoms with Crippen LogP contribution in [0.2, 0.25) is 0 Å². The van der Waals surface area contributed by atoms with E-state index in [-0.39, 0.29) is 0 Å². The summed E-state index contributed by atoms with van der Waals surface area (Å²) in [7, 11) is 0. The first-order chi connectivity index (χ1) is 9.79. The second kappa shape index (κ2) is 5.68. The van der Waals surface area contributed by atoms with Gasteiger partial charge in [0.1, 0.15) is 0 Å². The molecule has 0 radical (unpaired) electrons. The first-order valence-corrected chi connectivity index (χ1v) is 7.40. The lowest BCUT2D eigenvalue weighted by Crippen LogP contribution is -2.28. The van der Waals surface area contributed by atoms with E-state index < -0.39 is 0 Å². The number of para-hydroxylation sites is 1. The molecule has 2 aromatic carbocycles. The van der Waals surface area contributed by atoms with E-state index in [1.165, 1.54) is 27.9 Å². The Labute approximate surface area is 121 Å². The summed E-state index contributed by atoms with van der Waals surface area (Å²) in [5.41, 5.74) is 12.9. The van der Waals surface area contributed by atoms with Crippen molar-refractivity contribution in [2.45, 2.75) is 26.3 Å². The lowest BCUT2D eigenvalue weighted by Gasteiger charge is -2.27. The number of fused-ring (bicyclic) bond motifs is 1. The van der Waals surface area contributed by atoms with Gasteiger partial charge in [0, 0.05) is 25.3 Å². The van der Waals surface area contributed by atoms with Crippen molar-refractivity contribution in [3.8, 4) is 0 Å². The Balaban J connectivity index is 1.91. The summed E-state index contributed by atoms with van der Waals surface area (Å²) in [6.45, 7) is 4.96. The van der Waals surface area contributed by atoms with Gasteiger partial charge in [0.05, 0.1) is 0 Å². The highest BCUT2D eigenvalue weighted by Crippen LogP contribution is 2.27. The minimum absolute atomic E-state index is 0.612. The number of nitrogens with zero attached hydrogens (tertiary/aromatic N) is 1. The average Bonchev–Trinajstić information content (AvgIpc) is 2.69. The van der Waals surface area contributed by atoms with Gasteiger partial charge >= 0.3 is 0 Å². The van der Waals surface area contributed by atoms with Crippen LogP contribution in [-0.4, -0.2) is 13.1 Å². The van der Waals surface area contributed by atoms with E-state index >= 15 is 0 Å². The molecule has 0 bridgehead atoms. The number of aryl methyl sites for hydroxylation is 1. The Hall–Kier alpha value is -1.80. The van der Waals surface area contributed by atoms with Gasteiger partial charge in [-0.05, 0) is 42.0 Å². The summed E-state index contributed by atoms with van der Waals surface area (Å²) in [6, 6.07) is 15.3. The summed E-state index contributed by atoms with van der Waals surface area (Å²) < 4.78 is 0. The minimum atomic E-state index is 0.612. The summed E-state index contributed by atoms with van der Waals surface area (Å²) in [6.07, 6.45) is 2.24. The molecule has 1 aliphatic rings. The number of benzene rings is 2. The zero-order valence-corrected chi connectivity index (χ0v) is 12.1. The second-order valence-corrected chi connectivity index (χ2v) is 5.54. The highest BCUT2D eigenvalue weighted by molar-refractivity contribution is 5.60. The molecule has 2 N–H and O–H groups in total. The molecule has 0 saturated heterocycles. The molecule has 0 aromatic heterocycles. The summed E-state index contributed by atoms with van der Waals surface area (Å²) in [4.78, 5) is 2.51. The van der Waals surface area contributed by atoms with E-state index in [0.29, 0.717) is 6.54 Å². The van der Waals surface area contributed by atoms with Gasteiger partial charge in [-0.1, -0.05) is 42.5 Å². The smallest absolute Gasteiger partial charge is 0.0441 e. The molecule has 20 heavy (non-hydrogen) atoms. The number of nitrogens with two attached hydrogens (primary N) is 1. The lowest BCUT2D eigenvalue weighted by atomic mass is 10.0. The van der Waals surface area contributed by atoms with Crippen molar-refractivity contribution in [1.82, 2.24) is 0 Å². The summed E-state index contributed by atoms with van der Waals surface area (Å²) in [5, 5.41) is 0. The van der Waals surface area contributed by atoms with E-state index in [9.17, 15) is 0 Å². The average molecular weight is 266 g/mol. The van der Waals surface area contributed by atoms with Crippen molar-refractivity contribution in [3.05, 3.63) is 64.7 Å². The van der Waals surface area contributed by atoms with Crippen LogP contribution >= 0.6 is 0 Å². The monoisotopic (exact) mass is 266 g/mol. The molecule has 2 aromatic rings. The van der Waals surface area contributed by atoms with Crippen LogP contribution in [0.3, 0.4) is 0 Å². The topological polar surface area (TPSA) is 29.3 Å². The molecule has 2 heteroatoms. The first kappa shape index (κ1) is 13.2. The van der Waals surface area contributed by atoms with Gasteiger partial charge in [-0.2, -0.15) is 0 Å². The maximum absolute atomic E-state index is 5.92. The Morgan fingerprint density at radius 3 is 2.20 bits per heavy atom. The van der Waals surface area contributed by atoms with E-state index in [2.05, 4.69) is 54.3 Å². The predicted octanol–water partition coefficient (Wildman–Crippen LogP) is 3.06.